The van der Waals surface area contributed by atoms with E-state index in [4.69, 9.17) is 18.9 Å². The highest BCUT2D eigenvalue weighted by Gasteiger charge is 2.39. The molecule has 42 heavy (non-hydrogen) atoms. The summed E-state index contributed by atoms with van der Waals surface area (Å²) in [5, 5.41) is 29.0. The Labute approximate surface area is 247 Å². The number of carbonyl (C=O) groups excluding carboxylic acids is 4. The Morgan fingerprint density at radius 2 is 0.952 bits per heavy atom. The van der Waals surface area contributed by atoms with Crippen molar-refractivity contribution in [3.63, 3.8) is 0 Å². The Balaban J connectivity index is 5.76. The number of aliphatic hydroxyl groups is 1. The smallest absolute Gasteiger partial charge is 0.309 e. The number of hydrogen-bond acceptors (Lipinski definition) is 11. The molecule has 0 fully saturated rings. The molecule has 13 heteroatoms. The average Bonchev–Trinajstić information content (AvgIpc) is 2.86. The van der Waals surface area contributed by atoms with Crippen LogP contribution < -0.4 is 0 Å². The van der Waals surface area contributed by atoms with Crippen molar-refractivity contribution in [3.05, 3.63) is 0 Å². The lowest BCUT2D eigenvalue weighted by Crippen LogP contribution is -2.44. The van der Waals surface area contributed by atoms with E-state index in [0.29, 0.717) is 0 Å². The lowest BCUT2D eigenvalue weighted by molar-refractivity contribution is -0.172. The van der Waals surface area contributed by atoms with Crippen molar-refractivity contribution >= 4 is 36.3 Å². The molecule has 0 amide bonds. The van der Waals surface area contributed by atoms with E-state index in [2.05, 4.69) is 0 Å². The van der Waals surface area contributed by atoms with Gasteiger partial charge in [-0.05, 0) is 60.8 Å². The summed E-state index contributed by atoms with van der Waals surface area (Å²) in [6.45, 7) is 11.6. The van der Waals surface area contributed by atoms with Gasteiger partial charge in [0, 0.05) is 0 Å². The molecule has 0 saturated heterocycles. The molecule has 0 saturated carbocycles. The highest BCUT2D eigenvalue weighted by Crippen LogP contribution is 2.29. The third-order valence-electron chi connectivity index (χ3n) is 7.06. The second-order valence-corrected chi connectivity index (χ2v) is 13.1. The molecule has 0 aliphatic rings. The van der Waals surface area contributed by atoms with Crippen LogP contribution in [-0.4, -0.2) is 83.7 Å². The molecule has 0 aromatic rings. The van der Waals surface area contributed by atoms with Gasteiger partial charge in [0.25, 0.3) is 6.47 Å². The molecular formula is C29H48O13. The van der Waals surface area contributed by atoms with Crippen molar-refractivity contribution < 1.29 is 63.0 Å². The second kappa shape index (κ2) is 15.9. The zero-order valence-corrected chi connectivity index (χ0v) is 26.2. The van der Waals surface area contributed by atoms with Gasteiger partial charge in [-0.1, -0.05) is 20.8 Å². The van der Waals surface area contributed by atoms with Gasteiger partial charge in [0.2, 0.25) is 0 Å². The van der Waals surface area contributed by atoms with Gasteiger partial charge in [-0.25, -0.2) is 0 Å². The van der Waals surface area contributed by atoms with E-state index in [1.807, 2.05) is 0 Å². The fourth-order valence-corrected chi connectivity index (χ4v) is 4.23. The van der Waals surface area contributed by atoms with Gasteiger partial charge in [-0.3, -0.25) is 28.8 Å². The Hall–Kier alpha value is -3.22. The van der Waals surface area contributed by atoms with Crippen molar-refractivity contribution in [1.82, 2.24) is 0 Å². The highest BCUT2D eigenvalue weighted by molar-refractivity contribution is 5.77. The summed E-state index contributed by atoms with van der Waals surface area (Å²) in [7, 11) is 0. The third-order valence-corrected chi connectivity index (χ3v) is 7.06. The maximum absolute atomic E-state index is 12.7. The minimum atomic E-state index is -1.58. The van der Waals surface area contributed by atoms with Crippen LogP contribution >= 0.6 is 0 Å². The Bertz CT molecular complexity index is 917. The maximum Gasteiger partial charge on any atom is 0.309 e. The largest absolute Gasteiger partial charge is 0.481 e. The number of hydrogen-bond donors (Lipinski definition) is 3. The standard InChI is InChI=1S/C29H48O13/c1-18(10-26(4,5)24(35)36)21(32)39-14-29(13-30,15-40-22(33)19(2)11-27(6,7)25(37)38)16-41-23(34)20(3)12-28(8,9)42-17-31/h17-20,30H,10-16H2,1-9H3,(H,35,36)(H,37,38). The Morgan fingerprint density at radius 3 is 1.21 bits per heavy atom. The normalized spacial score (nSPS) is 15.8. The van der Waals surface area contributed by atoms with Crippen molar-refractivity contribution in [2.75, 3.05) is 26.4 Å². The number of aliphatic carboxylic acids is 2. The quantitative estimate of drug-likeness (QED) is 0.104. The lowest BCUT2D eigenvalue weighted by Gasteiger charge is -2.32. The SMILES string of the molecule is CC(CC(C)(C)OC=O)C(=O)OCC(CO)(COC(=O)C(C)CC(C)(C)C(=O)O)COC(=O)C(C)CC(C)(C)C(=O)O. The molecule has 3 unspecified atom stereocenters. The molecule has 0 spiro atoms. The molecule has 0 aliphatic carbocycles. The maximum atomic E-state index is 12.7. The molecule has 0 heterocycles. The first-order valence-electron chi connectivity index (χ1n) is 13.7. The average molecular weight is 605 g/mol. The van der Waals surface area contributed by atoms with Gasteiger partial charge in [0.05, 0.1) is 40.6 Å². The van der Waals surface area contributed by atoms with Crippen molar-refractivity contribution in [1.29, 1.82) is 0 Å². The van der Waals surface area contributed by atoms with Gasteiger partial charge in [0.1, 0.15) is 25.4 Å². The van der Waals surface area contributed by atoms with E-state index in [9.17, 15) is 44.1 Å². The van der Waals surface area contributed by atoms with E-state index in [0.717, 1.165) is 0 Å². The summed E-state index contributed by atoms with van der Waals surface area (Å²) in [6.07, 6.45) is 0.0447. The summed E-state index contributed by atoms with van der Waals surface area (Å²) in [4.78, 5) is 71.8. The van der Waals surface area contributed by atoms with Gasteiger partial charge in [-0.15, -0.1) is 0 Å². The summed E-state index contributed by atoms with van der Waals surface area (Å²) < 4.78 is 21.2. The molecular weight excluding hydrogens is 556 g/mol. The Morgan fingerprint density at radius 1 is 0.643 bits per heavy atom. The molecule has 0 radical (unpaired) electrons. The summed E-state index contributed by atoms with van der Waals surface area (Å²) in [5.41, 5.74) is -4.97. The Kier molecular flexibility index (Phi) is 14.6. The van der Waals surface area contributed by atoms with Crippen LogP contribution in [0.25, 0.3) is 0 Å². The molecule has 0 aromatic carbocycles. The van der Waals surface area contributed by atoms with Crippen LogP contribution in [0.2, 0.25) is 0 Å². The van der Waals surface area contributed by atoms with Crippen LogP contribution in [0.15, 0.2) is 0 Å². The van der Waals surface area contributed by atoms with Crippen LogP contribution in [0, 0.1) is 34.0 Å². The monoisotopic (exact) mass is 604 g/mol. The number of aliphatic hydroxyl groups excluding tert-OH is 1. The zero-order chi connectivity index (χ0) is 33.1. The van der Waals surface area contributed by atoms with Crippen LogP contribution in [-0.2, 0) is 47.7 Å². The van der Waals surface area contributed by atoms with Gasteiger partial charge >= 0.3 is 29.8 Å². The number of carboxylic acids is 2. The number of carboxylic acid groups (broad SMARTS) is 2. The summed E-state index contributed by atoms with van der Waals surface area (Å²) >= 11 is 0. The first-order valence-corrected chi connectivity index (χ1v) is 13.7. The fraction of sp³-hybridized carbons (Fsp3) is 0.793. The van der Waals surface area contributed by atoms with Gasteiger partial charge < -0.3 is 34.3 Å². The van der Waals surface area contributed by atoms with Gasteiger partial charge in [-0.2, -0.15) is 0 Å². The molecule has 0 aliphatic heterocycles. The molecule has 242 valence electrons. The molecule has 13 nitrogen and oxygen atoms in total. The minimum Gasteiger partial charge on any atom is -0.481 e. The van der Waals surface area contributed by atoms with Crippen LogP contribution in [0.5, 0.6) is 0 Å². The molecule has 0 rings (SSSR count). The van der Waals surface area contributed by atoms with Crippen LogP contribution in [0.4, 0.5) is 0 Å². The van der Waals surface area contributed by atoms with E-state index >= 15 is 0 Å². The lowest BCUT2D eigenvalue weighted by atomic mass is 9.83. The van der Waals surface area contributed by atoms with E-state index in [1.165, 1.54) is 41.5 Å². The topological polar surface area (TPSA) is 200 Å². The van der Waals surface area contributed by atoms with Crippen LogP contribution in [0.3, 0.4) is 0 Å². The first-order chi connectivity index (χ1) is 19.0. The van der Waals surface area contributed by atoms with Crippen molar-refractivity contribution in [2.45, 2.75) is 87.2 Å². The van der Waals surface area contributed by atoms with E-state index in [1.54, 1.807) is 20.8 Å². The summed E-state index contributed by atoms with van der Waals surface area (Å²) in [6, 6.07) is 0. The van der Waals surface area contributed by atoms with Crippen molar-refractivity contribution in [2.24, 2.45) is 34.0 Å². The van der Waals surface area contributed by atoms with E-state index < -0.39 is 95.9 Å². The highest BCUT2D eigenvalue weighted by atomic mass is 16.6. The fourth-order valence-electron chi connectivity index (χ4n) is 4.23. The third kappa shape index (κ3) is 12.7. The molecule has 0 aromatic heterocycles. The van der Waals surface area contributed by atoms with Crippen molar-refractivity contribution in [3.8, 4) is 0 Å². The number of carbonyl (C=O) groups is 6. The summed E-state index contributed by atoms with van der Waals surface area (Å²) in [5.74, 6) is -6.84. The molecule has 3 N–H and O–H groups in total. The van der Waals surface area contributed by atoms with Crippen LogP contribution in [0.1, 0.15) is 81.6 Å². The van der Waals surface area contributed by atoms with Gasteiger partial charge in [0.15, 0.2) is 0 Å². The second-order valence-electron chi connectivity index (χ2n) is 13.1. The minimum absolute atomic E-state index is 0.0374. The first kappa shape index (κ1) is 38.8. The predicted octanol–water partition coefficient (Wildman–Crippen LogP) is 2.85. The number of ether oxygens (including phenoxy) is 4. The zero-order valence-electron chi connectivity index (χ0n) is 26.2. The number of rotatable bonds is 20. The molecule has 3 atom stereocenters. The predicted molar refractivity (Wildman–Crippen MR) is 148 cm³/mol. The van der Waals surface area contributed by atoms with E-state index in [-0.39, 0.29) is 25.7 Å². The molecule has 0 bridgehead atoms. The number of esters is 3.